The van der Waals surface area contributed by atoms with Crippen LogP contribution in [0.25, 0.3) is 0 Å². The molecule has 0 unspecified atom stereocenters. The number of methoxy groups -OCH3 is 1. The molecule has 0 aromatic heterocycles. The maximum atomic E-state index is 11.4. The molecule has 1 aromatic carbocycles. The minimum atomic E-state index is -0.579. The van der Waals surface area contributed by atoms with Gasteiger partial charge in [0.25, 0.3) is 0 Å². The van der Waals surface area contributed by atoms with Crippen LogP contribution in [0.1, 0.15) is 40.2 Å². The zero-order valence-electron chi connectivity index (χ0n) is 14.6. The van der Waals surface area contributed by atoms with E-state index < -0.39 is 5.97 Å². The van der Waals surface area contributed by atoms with Gasteiger partial charge in [0.05, 0.1) is 31.5 Å². The van der Waals surface area contributed by atoms with E-state index in [2.05, 4.69) is 11.8 Å². The molecule has 0 spiro atoms. The lowest BCUT2D eigenvalue weighted by Crippen LogP contribution is -2.10. The number of hydrogen-bond acceptors (Lipinski definition) is 5. The fraction of sp³-hybridized carbons (Fsp3) is 0.500. The molecule has 0 saturated heterocycles. The second kappa shape index (κ2) is 8.94. The van der Waals surface area contributed by atoms with Gasteiger partial charge in [-0.05, 0) is 34.6 Å². The number of rotatable bonds is 6. The van der Waals surface area contributed by atoms with Crippen LogP contribution in [0.3, 0.4) is 0 Å². The Hall–Kier alpha value is -2.35. The van der Waals surface area contributed by atoms with Crippen molar-refractivity contribution in [3.63, 3.8) is 0 Å². The fourth-order valence-corrected chi connectivity index (χ4v) is 1.78. The Morgan fingerprint density at radius 3 is 2.17 bits per heavy atom. The van der Waals surface area contributed by atoms with Crippen molar-refractivity contribution in [3.05, 3.63) is 17.7 Å². The van der Waals surface area contributed by atoms with Gasteiger partial charge in [0.1, 0.15) is 5.75 Å². The molecular weight excluding hydrogens is 296 g/mol. The highest BCUT2D eigenvalue weighted by atomic mass is 16.5. The molecule has 0 N–H and O–H groups in total. The average Bonchev–Trinajstić information content (AvgIpc) is 2.45. The summed E-state index contributed by atoms with van der Waals surface area (Å²) in [7, 11) is 1.55. The van der Waals surface area contributed by atoms with Gasteiger partial charge in [0.2, 0.25) is 0 Å². The van der Waals surface area contributed by atoms with E-state index in [0.29, 0.717) is 22.8 Å². The maximum absolute atomic E-state index is 11.4. The first kappa shape index (κ1) is 18.7. The Kier molecular flexibility index (Phi) is 7.27. The minimum absolute atomic E-state index is 0.00716. The molecule has 0 fully saturated rings. The summed E-state index contributed by atoms with van der Waals surface area (Å²) >= 11 is 0. The molecule has 0 amide bonds. The maximum Gasteiger partial charge on any atom is 0.384 e. The summed E-state index contributed by atoms with van der Waals surface area (Å²) in [4.78, 5) is 11.4. The summed E-state index contributed by atoms with van der Waals surface area (Å²) in [6.07, 6.45) is -0.0503. The Labute approximate surface area is 137 Å². The second-order valence-electron chi connectivity index (χ2n) is 5.30. The molecule has 0 atom stereocenters. The lowest BCUT2D eigenvalue weighted by Gasteiger charge is -2.18. The summed E-state index contributed by atoms with van der Waals surface area (Å²) in [5.74, 6) is 6.27. The van der Waals surface area contributed by atoms with Crippen molar-refractivity contribution in [3.8, 4) is 29.1 Å². The first-order chi connectivity index (χ1) is 10.9. The normalized spacial score (nSPS) is 10.1. The van der Waals surface area contributed by atoms with Crippen molar-refractivity contribution in [2.75, 3.05) is 13.7 Å². The third-order valence-corrected chi connectivity index (χ3v) is 2.57. The number of carbonyl (C=O) groups excluding carboxylic acids is 1. The van der Waals surface area contributed by atoms with Gasteiger partial charge in [-0.15, -0.1) is 0 Å². The van der Waals surface area contributed by atoms with Gasteiger partial charge >= 0.3 is 5.97 Å². The quantitative estimate of drug-likeness (QED) is 0.595. The van der Waals surface area contributed by atoms with Gasteiger partial charge in [-0.2, -0.15) is 0 Å². The zero-order chi connectivity index (χ0) is 17.4. The van der Waals surface area contributed by atoms with Gasteiger partial charge in [0, 0.05) is 18.1 Å². The third kappa shape index (κ3) is 6.11. The molecule has 1 rings (SSSR count). The van der Waals surface area contributed by atoms with Crippen molar-refractivity contribution in [2.45, 2.75) is 46.8 Å². The number of benzene rings is 1. The van der Waals surface area contributed by atoms with Crippen LogP contribution in [-0.2, 0) is 9.53 Å². The van der Waals surface area contributed by atoms with Crippen molar-refractivity contribution in [2.24, 2.45) is 0 Å². The van der Waals surface area contributed by atoms with Crippen LogP contribution < -0.4 is 14.2 Å². The van der Waals surface area contributed by atoms with E-state index in [0.717, 1.165) is 0 Å². The van der Waals surface area contributed by atoms with Gasteiger partial charge in [0.15, 0.2) is 11.5 Å². The highest BCUT2D eigenvalue weighted by Crippen LogP contribution is 2.35. The zero-order valence-corrected chi connectivity index (χ0v) is 14.6. The van der Waals surface area contributed by atoms with Crippen LogP contribution in [0.2, 0.25) is 0 Å². The summed E-state index contributed by atoms with van der Waals surface area (Å²) < 4.78 is 21.6. The Bertz CT molecular complexity index is 593. The van der Waals surface area contributed by atoms with Crippen LogP contribution >= 0.6 is 0 Å². The standard InChI is InChI=1S/C18H24O5/c1-7-21-18(19)9-8-14-10-16(20-6)17(23-13(4)5)11-15(14)22-12(2)3/h10-13H,7H2,1-6H3. The van der Waals surface area contributed by atoms with E-state index >= 15 is 0 Å². The number of carbonyl (C=O) groups is 1. The molecule has 0 radical (unpaired) electrons. The van der Waals surface area contributed by atoms with Gasteiger partial charge < -0.3 is 18.9 Å². The van der Waals surface area contributed by atoms with Crippen LogP contribution in [0.15, 0.2) is 12.1 Å². The van der Waals surface area contributed by atoms with Gasteiger partial charge in [-0.3, -0.25) is 0 Å². The predicted molar refractivity (Wildman–Crippen MR) is 88.0 cm³/mol. The predicted octanol–water partition coefficient (Wildman–Crippen LogP) is 3.18. The number of hydrogen-bond donors (Lipinski definition) is 0. The smallest absolute Gasteiger partial charge is 0.384 e. The van der Waals surface area contributed by atoms with Crippen molar-refractivity contribution in [1.82, 2.24) is 0 Å². The fourth-order valence-electron chi connectivity index (χ4n) is 1.78. The minimum Gasteiger partial charge on any atom is -0.493 e. The molecular formula is C18H24O5. The monoisotopic (exact) mass is 320 g/mol. The molecule has 0 saturated carbocycles. The molecule has 5 nitrogen and oxygen atoms in total. The lowest BCUT2D eigenvalue weighted by molar-refractivity contribution is -0.136. The van der Waals surface area contributed by atoms with E-state index in [-0.39, 0.29) is 18.8 Å². The molecule has 126 valence electrons. The molecule has 0 aliphatic carbocycles. The molecule has 0 aliphatic heterocycles. The molecule has 0 aliphatic rings. The first-order valence-corrected chi connectivity index (χ1v) is 7.61. The van der Waals surface area contributed by atoms with Crippen molar-refractivity contribution < 1.29 is 23.7 Å². The second-order valence-corrected chi connectivity index (χ2v) is 5.30. The van der Waals surface area contributed by atoms with Crippen molar-refractivity contribution in [1.29, 1.82) is 0 Å². The van der Waals surface area contributed by atoms with Crippen molar-refractivity contribution >= 4 is 5.97 Å². The molecule has 1 aromatic rings. The highest BCUT2D eigenvalue weighted by molar-refractivity contribution is 5.89. The van der Waals surface area contributed by atoms with Crippen LogP contribution in [0.4, 0.5) is 0 Å². The summed E-state index contributed by atoms with van der Waals surface area (Å²) in [5.41, 5.74) is 0.541. The molecule has 0 bridgehead atoms. The van der Waals surface area contributed by atoms with Gasteiger partial charge in [-0.25, -0.2) is 4.79 Å². The Morgan fingerprint density at radius 1 is 1.04 bits per heavy atom. The summed E-state index contributed by atoms with van der Waals surface area (Å²) in [6, 6.07) is 3.43. The summed E-state index contributed by atoms with van der Waals surface area (Å²) in [5, 5.41) is 0. The summed E-state index contributed by atoms with van der Waals surface area (Å²) in [6.45, 7) is 9.70. The Balaban J connectivity index is 3.27. The van der Waals surface area contributed by atoms with E-state index in [9.17, 15) is 4.79 Å². The molecule has 5 heteroatoms. The molecule has 0 heterocycles. The lowest BCUT2D eigenvalue weighted by atomic mass is 10.1. The topological polar surface area (TPSA) is 54.0 Å². The van der Waals surface area contributed by atoms with E-state index in [1.54, 1.807) is 26.2 Å². The first-order valence-electron chi connectivity index (χ1n) is 7.61. The number of ether oxygens (including phenoxy) is 4. The van der Waals surface area contributed by atoms with Crippen LogP contribution in [-0.4, -0.2) is 31.9 Å². The largest absolute Gasteiger partial charge is 0.493 e. The van der Waals surface area contributed by atoms with Gasteiger partial charge in [-0.1, -0.05) is 5.92 Å². The highest BCUT2D eigenvalue weighted by Gasteiger charge is 2.14. The SMILES string of the molecule is CCOC(=O)C#Cc1cc(OC)c(OC(C)C)cc1OC(C)C. The molecule has 23 heavy (non-hydrogen) atoms. The number of esters is 1. The van der Waals surface area contributed by atoms with E-state index in [1.165, 1.54) is 0 Å². The van der Waals surface area contributed by atoms with Crippen LogP contribution in [0.5, 0.6) is 17.2 Å². The van der Waals surface area contributed by atoms with E-state index in [4.69, 9.17) is 18.9 Å². The third-order valence-electron chi connectivity index (χ3n) is 2.57. The van der Waals surface area contributed by atoms with Crippen LogP contribution in [0, 0.1) is 11.8 Å². The average molecular weight is 320 g/mol. The van der Waals surface area contributed by atoms with E-state index in [1.807, 2.05) is 27.7 Å². The Morgan fingerprint density at radius 2 is 1.65 bits per heavy atom.